The quantitative estimate of drug-likeness (QED) is 0.753. The predicted octanol–water partition coefficient (Wildman–Crippen LogP) is 4.54. The van der Waals surface area contributed by atoms with Crippen LogP contribution in [0.1, 0.15) is 16.2 Å². The number of nitrogens with zero attached hydrogens (tertiary/aromatic N) is 2. The summed E-state index contributed by atoms with van der Waals surface area (Å²) in [6.07, 6.45) is 0. The van der Waals surface area contributed by atoms with Crippen LogP contribution in [0.3, 0.4) is 0 Å². The lowest BCUT2D eigenvalue weighted by Gasteiger charge is -2.08. The van der Waals surface area contributed by atoms with Gasteiger partial charge in [-0.25, -0.2) is 9.97 Å². The summed E-state index contributed by atoms with van der Waals surface area (Å²) < 4.78 is 5.62. The third kappa shape index (κ3) is 3.85. The first kappa shape index (κ1) is 15.5. The topological polar surface area (TPSA) is 64.1 Å². The molecular formula is C16H12ClN3O2S. The molecule has 0 radical (unpaired) electrons. The van der Waals surface area contributed by atoms with Crippen LogP contribution in [0, 0.1) is 6.92 Å². The Kier molecular flexibility index (Phi) is 4.55. The predicted molar refractivity (Wildman–Crippen MR) is 90.6 cm³/mol. The number of rotatable bonds is 4. The summed E-state index contributed by atoms with van der Waals surface area (Å²) in [5, 5.41) is 5.27. The molecule has 116 valence electrons. The number of thiazole rings is 1. The molecule has 7 heteroatoms. The summed E-state index contributed by atoms with van der Waals surface area (Å²) in [6.45, 7) is 1.85. The number of amides is 1. The van der Waals surface area contributed by atoms with Gasteiger partial charge in [0.15, 0.2) is 10.8 Å². The summed E-state index contributed by atoms with van der Waals surface area (Å²) in [5.74, 6) is 0.494. The van der Waals surface area contributed by atoms with Crippen molar-refractivity contribution in [2.75, 3.05) is 5.32 Å². The number of para-hydroxylation sites is 1. The summed E-state index contributed by atoms with van der Waals surface area (Å²) in [7, 11) is 0. The monoisotopic (exact) mass is 345 g/mol. The van der Waals surface area contributed by atoms with Gasteiger partial charge in [0.25, 0.3) is 5.91 Å². The highest BCUT2D eigenvalue weighted by molar-refractivity contribution is 7.13. The van der Waals surface area contributed by atoms with Crippen LogP contribution in [-0.2, 0) is 0 Å². The highest BCUT2D eigenvalue weighted by Gasteiger charge is 2.15. The fourth-order valence-corrected chi connectivity index (χ4v) is 2.69. The lowest BCUT2D eigenvalue weighted by molar-refractivity contribution is 0.102. The third-order valence-electron chi connectivity index (χ3n) is 2.84. The van der Waals surface area contributed by atoms with E-state index in [2.05, 4.69) is 15.3 Å². The lowest BCUT2D eigenvalue weighted by atomic mass is 10.3. The van der Waals surface area contributed by atoms with Crippen LogP contribution in [0.4, 0.5) is 5.13 Å². The van der Waals surface area contributed by atoms with E-state index < -0.39 is 5.91 Å². The number of aromatic nitrogens is 2. The molecule has 3 rings (SSSR count). The van der Waals surface area contributed by atoms with E-state index in [-0.39, 0.29) is 10.7 Å². The Morgan fingerprint density at radius 1 is 1.17 bits per heavy atom. The molecule has 0 fully saturated rings. The Bertz CT molecular complexity index is 836. The molecule has 2 aromatic heterocycles. The number of carbonyl (C=O) groups is 1. The van der Waals surface area contributed by atoms with Gasteiger partial charge in [-0.1, -0.05) is 29.8 Å². The Morgan fingerprint density at radius 3 is 2.65 bits per heavy atom. The van der Waals surface area contributed by atoms with Gasteiger partial charge < -0.3 is 4.74 Å². The molecule has 0 spiro atoms. The van der Waals surface area contributed by atoms with Crippen LogP contribution in [0.15, 0.2) is 47.8 Å². The minimum absolute atomic E-state index is 0.0907. The normalized spacial score (nSPS) is 10.3. The van der Waals surface area contributed by atoms with Crippen LogP contribution in [0.5, 0.6) is 11.6 Å². The number of benzene rings is 1. The Hall–Kier alpha value is -2.44. The van der Waals surface area contributed by atoms with Crippen LogP contribution in [0.25, 0.3) is 0 Å². The van der Waals surface area contributed by atoms with E-state index >= 15 is 0 Å². The largest absolute Gasteiger partial charge is 0.439 e. The Labute approximate surface area is 141 Å². The minimum atomic E-state index is -0.428. The number of ether oxygens (including phenoxy) is 1. The highest BCUT2D eigenvalue weighted by Crippen LogP contribution is 2.24. The first-order valence-electron chi connectivity index (χ1n) is 6.75. The molecule has 23 heavy (non-hydrogen) atoms. The van der Waals surface area contributed by atoms with Gasteiger partial charge in [-0.2, -0.15) is 0 Å². The first-order chi connectivity index (χ1) is 11.1. The molecule has 5 nitrogen and oxygen atoms in total. The third-order valence-corrected chi connectivity index (χ3v) is 4.02. The van der Waals surface area contributed by atoms with E-state index in [1.165, 1.54) is 11.3 Å². The molecule has 2 heterocycles. The van der Waals surface area contributed by atoms with Crippen molar-refractivity contribution < 1.29 is 9.53 Å². The fourth-order valence-electron chi connectivity index (χ4n) is 1.82. The highest BCUT2D eigenvalue weighted by atomic mass is 35.5. The zero-order valence-corrected chi connectivity index (χ0v) is 13.7. The number of halogens is 1. The van der Waals surface area contributed by atoms with Crippen molar-refractivity contribution in [3.8, 4) is 11.6 Å². The smallest absolute Gasteiger partial charge is 0.277 e. The number of carbonyl (C=O) groups excluding carboxylic acids is 1. The van der Waals surface area contributed by atoms with Crippen molar-refractivity contribution >= 4 is 34.0 Å². The second-order valence-corrected chi connectivity index (χ2v) is 5.91. The second kappa shape index (κ2) is 6.76. The van der Waals surface area contributed by atoms with E-state index in [4.69, 9.17) is 16.3 Å². The van der Waals surface area contributed by atoms with Crippen LogP contribution in [-0.4, -0.2) is 15.9 Å². The van der Waals surface area contributed by atoms with Gasteiger partial charge in [-0.15, -0.1) is 11.3 Å². The number of pyridine rings is 1. The Morgan fingerprint density at radius 2 is 1.96 bits per heavy atom. The molecule has 1 amide bonds. The minimum Gasteiger partial charge on any atom is -0.439 e. The number of hydrogen-bond donors (Lipinski definition) is 1. The van der Waals surface area contributed by atoms with Gasteiger partial charge in [-0.05, 0) is 25.1 Å². The first-order valence-corrected chi connectivity index (χ1v) is 8.00. The number of hydrogen-bond acceptors (Lipinski definition) is 5. The average Bonchev–Trinajstić information content (AvgIpc) is 2.95. The molecule has 1 N–H and O–H groups in total. The molecule has 0 saturated carbocycles. The molecule has 0 unspecified atom stereocenters. The maximum absolute atomic E-state index is 12.3. The Balaban J connectivity index is 1.81. The maximum Gasteiger partial charge on any atom is 0.277 e. The zero-order chi connectivity index (χ0) is 16.2. The van der Waals surface area contributed by atoms with Crippen LogP contribution in [0.2, 0.25) is 5.02 Å². The molecule has 0 bridgehead atoms. The van der Waals surface area contributed by atoms with Gasteiger partial charge in [0.05, 0.1) is 10.7 Å². The standard InChI is InChI=1S/C16H12ClN3O2S/c1-10-9-23-16(18-10)20-15(21)14-12(17)7-8-13(19-14)22-11-5-3-2-4-6-11/h2-9H,1H3,(H,18,20,21). The van der Waals surface area contributed by atoms with Gasteiger partial charge in [-0.3, -0.25) is 10.1 Å². The van der Waals surface area contributed by atoms with Gasteiger partial charge >= 0.3 is 0 Å². The average molecular weight is 346 g/mol. The molecule has 1 aromatic carbocycles. The van der Waals surface area contributed by atoms with Crippen molar-refractivity contribution in [1.29, 1.82) is 0 Å². The zero-order valence-electron chi connectivity index (χ0n) is 12.1. The molecular weight excluding hydrogens is 334 g/mol. The molecule has 0 aliphatic heterocycles. The summed E-state index contributed by atoms with van der Waals surface area (Å²) in [6, 6.07) is 12.4. The van der Waals surface area contributed by atoms with E-state index in [1.807, 2.05) is 30.5 Å². The van der Waals surface area contributed by atoms with Crippen molar-refractivity contribution in [2.24, 2.45) is 0 Å². The van der Waals surface area contributed by atoms with Gasteiger partial charge in [0.2, 0.25) is 5.88 Å². The number of anilines is 1. The number of nitrogens with one attached hydrogen (secondary N) is 1. The van der Waals surface area contributed by atoms with Crippen LogP contribution >= 0.6 is 22.9 Å². The maximum atomic E-state index is 12.3. The van der Waals surface area contributed by atoms with Crippen molar-refractivity contribution in [2.45, 2.75) is 6.92 Å². The van der Waals surface area contributed by atoms with E-state index in [1.54, 1.807) is 24.3 Å². The SMILES string of the molecule is Cc1csc(NC(=O)c2nc(Oc3ccccc3)ccc2Cl)n1. The molecule has 0 atom stereocenters. The van der Waals surface area contributed by atoms with E-state index in [0.717, 1.165) is 5.69 Å². The van der Waals surface area contributed by atoms with E-state index in [0.29, 0.717) is 16.8 Å². The fraction of sp³-hybridized carbons (Fsp3) is 0.0625. The number of aryl methyl sites for hydroxylation is 1. The molecule has 3 aromatic rings. The van der Waals surface area contributed by atoms with Gasteiger partial charge in [0, 0.05) is 11.4 Å². The van der Waals surface area contributed by atoms with E-state index in [9.17, 15) is 4.79 Å². The summed E-state index contributed by atoms with van der Waals surface area (Å²) in [5.41, 5.74) is 0.929. The molecule has 0 aliphatic carbocycles. The lowest BCUT2D eigenvalue weighted by Crippen LogP contribution is -2.14. The van der Waals surface area contributed by atoms with Crippen molar-refractivity contribution in [1.82, 2.24) is 9.97 Å². The van der Waals surface area contributed by atoms with Crippen LogP contribution < -0.4 is 10.1 Å². The van der Waals surface area contributed by atoms with Crippen molar-refractivity contribution in [3.05, 3.63) is 64.3 Å². The summed E-state index contributed by atoms with van der Waals surface area (Å²) in [4.78, 5) is 20.7. The summed E-state index contributed by atoms with van der Waals surface area (Å²) >= 11 is 7.41. The molecule has 0 saturated heterocycles. The second-order valence-electron chi connectivity index (χ2n) is 4.64. The molecule has 0 aliphatic rings. The van der Waals surface area contributed by atoms with Crippen molar-refractivity contribution in [3.63, 3.8) is 0 Å². The van der Waals surface area contributed by atoms with Gasteiger partial charge in [0.1, 0.15) is 5.75 Å².